The molecule has 64 valence electrons. The Kier molecular flexibility index (Phi) is 3.20. The standard InChI is InChI=1S/C7H14N2OS/c1-2-5(6(8)10)7-9-3-4-11-7/h5,7,9H,2-4H2,1H3,(H2,8,10). The highest BCUT2D eigenvalue weighted by Crippen LogP contribution is 2.23. The van der Waals surface area contributed by atoms with Gasteiger partial charge in [-0.25, -0.2) is 0 Å². The third kappa shape index (κ3) is 2.10. The molecule has 11 heavy (non-hydrogen) atoms. The second-order valence-electron chi connectivity index (χ2n) is 2.66. The van der Waals surface area contributed by atoms with Gasteiger partial charge in [0.05, 0.1) is 11.3 Å². The van der Waals surface area contributed by atoms with Crippen molar-refractivity contribution in [3.8, 4) is 0 Å². The summed E-state index contributed by atoms with van der Waals surface area (Å²) in [6.45, 7) is 3.00. The Balaban J connectivity index is 2.46. The predicted octanol–water partition coefficient (Wildman–Crippen LogP) is 0.160. The van der Waals surface area contributed by atoms with Crippen molar-refractivity contribution in [1.29, 1.82) is 0 Å². The Bertz CT molecular complexity index is 145. The van der Waals surface area contributed by atoms with Crippen LogP contribution in [0, 0.1) is 5.92 Å². The van der Waals surface area contributed by atoms with Gasteiger partial charge < -0.3 is 11.1 Å². The third-order valence-corrected chi connectivity index (χ3v) is 3.21. The summed E-state index contributed by atoms with van der Waals surface area (Å²) in [6, 6.07) is 0. The quantitative estimate of drug-likeness (QED) is 0.641. The number of thioether (sulfide) groups is 1. The number of primary amides is 1. The van der Waals surface area contributed by atoms with Crippen LogP contribution < -0.4 is 11.1 Å². The lowest BCUT2D eigenvalue weighted by Crippen LogP contribution is -2.37. The summed E-state index contributed by atoms with van der Waals surface area (Å²) in [7, 11) is 0. The molecule has 0 spiro atoms. The van der Waals surface area contributed by atoms with Crippen LogP contribution in [0.4, 0.5) is 0 Å². The smallest absolute Gasteiger partial charge is 0.222 e. The number of rotatable bonds is 3. The van der Waals surface area contributed by atoms with E-state index in [1.165, 1.54) is 0 Å². The monoisotopic (exact) mass is 174 g/mol. The molecule has 4 heteroatoms. The van der Waals surface area contributed by atoms with Crippen molar-refractivity contribution in [3.63, 3.8) is 0 Å². The van der Waals surface area contributed by atoms with Crippen LogP contribution in [0.15, 0.2) is 0 Å². The van der Waals surface area contributed by atoms with Crippen LogP contribution in [0.5, 0.6) is 0 Å². The Morgan fingerprint density at radius 1 is 1.91 bits per heavy atom. The second-order valence-corrected chi connectivity index (χ2v) is 3.91. The van der Waals surface area contributed by atoms with Crippen LogP contribution in [0.3, 0.4) is 0 Å². The van der Waals surface area contributed by atoms with Gasteiger partial charge >= 0.3 is 0 Å². The molecule has 2 atom stereocenters. The molecule has 0 aromatic rings. The van der Waals surface area contributed by atoms with Gasteiger partial charge in [-0.05, 0) is 6.42 Å². The highest BCUT2D eigenvalue weighted by atomic mass is 32.2. The van der Waals surface area contributed by atoms with Gasteiger partial charge in [-0.2, -0.15) is 0 Å². The van der Waals surface area contributed by atoms with Crippen LogP contribution in [0.25, 0.3) is 0 Å². The predicted molar refractivity (Wildman–Crippen MR) is 47.2 cm³/mol. The number of hydrogen-bond donors (Lipinski definition) is 2. The Morgan fingerprint density at radius 3 is 3.00 bits per heavy atom. The summed E-state index contributed by atoms with van der Waals surface area (Å²) in [4.78, 5) is 10.9. The summed E-state index contributed by atoms with van der Waals surface area (Å²) in [5, 5.41) is 3.51. The van der Waals surface area contributed by atoms with E-state index in [-0.39, 0.29) is 17.2 Å². The molecule has 0 radical (unpaired) electrons. The zero-order valence-electron chi connectivity index (χ0n) is 6.67. The zero-order valence-corrected chi connectivity index (χ0v) is 7.49. The van der Waals surface area contributed by atoms with E-state index < -0.39 is 0 Å². The molecular weight excluding hydrogens is 160 g/mol. The molecule has 3 N–H and O–H groups in total. The fraction of sp³-hybridized carbons (Fsp3) is 0.857. The van der Waals surface area contributed by atoms with Crippen LogP contribution in [-0.4, -0.2) is 23.6 Å². The SMILES string of the molecule is CCC(C(N)=O)C1NCCS1. The highest BCUT2D eigenvalue weighted by Gasteiger charge is 2.27. The van der Waals surface area contributed by atoms with E-state index in [9.17, 15) is 4.79 Å². The normalized spacial score (nSPS) is 26.8. The van der Waals surface area contributed by atoms with Gasteiger partial charge in [-0.3, -0.25) is 4.79 Å². The first kappa shape index (κ1) is 8.87. The van der Waals surface area contributed by atoms with Crippen molar-refractivity contribution < 1.29 is 4.79 Å². The molecule has 1 heterocycles. The number of nitrogens with two attached hydrogens (primary N) is 1. The van der Waals surface area contributed by atoms with Crippen LogP contribution in [-0.2, 0) is 4.79 Å². The van der Waals surface area contributed by atoms with E-state index >= 15 is 0 Å². The lowest BCUT2D eigenvalue weighted by Gasteiger charge is -2.17. The van der Waals surface area contributed by atoms with Crippen molar-refractivity contribution >= 4 is 17.7 Å². The molecule has 0 saturated carbocycles. The molecule has 1 aliphatic rings. The summed E-state index contributed by atoms with van der Waals surface area (Å²) >= 11 is 1.79. The van der Waals surface area contributed by atoms with Gasteiger partial charge in [0.1, 0.15) is 0 Å². The van der Waals surface area contributed by atoms with E-state index in [1.54, 1.807) is 11.8 Å². The van der Waals surface area contributed by atoms with Crippen molar-refractivity contribution in [2.45, 2.75) is 18.7 Å². The Labute approximate surface area is 71.1 Å². The van der Waals surface area contributed by atoms with Gasteiger partial charge in [0, 0.05) is 12.3 Å². The number of amides is 1. The lowest BCUT2D eigenvalue weighted by atomic mass is 10.1. The maximum atomic E-state index is 10.9. The Morgan fingerprint density at radius 2 is 2.64 bits per heavy atom. The molecule has 1 aliphatic heterocycles. The molecule has 0 bridgehead atoms. The zero-order chi connectivity index (χ0) is 8.27. The number of carbonyl (C=O) groups is 1. The van der Waals surface area contributed by atoms with E-state index in [1.807, 2.05) is 6.92 Å². The summed E-state index contributed by atoms with van der Waals surface area (Å²) in [5.74, 6) is 0.913. The largest absolute Gasteiger partial charge is 0.369 e. The number of carbonyl (C=O) groups excluding carboxylic acids is 1. The average molecular weight is 174 g/mol. The summed E-state index contributed by atoms with van der Waals surface area (Å²) in [6.07, 6.45) is 0.833. The maximum absolute atomic E-state index is 10.9. The first-order valence-corrected chi connectivity index (χ1v) is 4.95. The van der Waals surface area contributed by atoms with Gasteiger partial charge in [0.15, 0.2) is 0 Å². The minimum Gasteiger partial charge on any atom is -0.369 e. The molecule has 1 fully saturated rings. The molecule has 0 aromatic carbocycles. The van der Waals surface area contributed by atoms with E-state index in [0.717, 1.165) is 18.7 Å². The number of nitrogens with one attached hydrogen (secondary N) is 1. The van der Waals surface area contributed by atoms with Crippen LogP contribution in [0.1, 0.15) is 13.3 Å². The molecule has 0 aromatic heterocycles. The van der Waals surface area contributed by atoms with Crippen LogP contribution >= 0.6 is 11.8 Å². The first-order valence-electron chi connectivity index (χ1n) is 3.90. The second kappa shape index (κ2) is 3.97. The van der Waals surface area contributed by atoms with Gasteiger partial charge in [-0.15, -0.1) is 11.8 Å². The minimum absolute atomic E-state index is 0.00231. The lowest BCUT2D eigenvalue weighted by molar-refractivity contribution is -0.122. The highest BCUT2D eigenvalue weighted by molar-refractivity contribution is 8.00. The van der Waals surface area contributed by atoms with Crippen molar-refractivity contribution in [2.75, 3.05) is 12.3 Å². The van der Waals surface area contributed by atoms with Crippen molar-refractivity contribution in [1.82, 2.24) is 5.32 Å². The van der Waals surface area contributed by atoms with Crippen molar-refractivity contribution in [3.05, 3.63) is 0 Å². The van der Waals surface area contributed by atoms with Gasteiger partial charge in [0.25, 0.3) is 0 Å². The maximum Gasteiger partial charge on any atom is 0.222 e. The minimum atomic E-state index is -0.181. The Hall–Kier alpha value is -0.220. The molecule has 3 nitrogen and oxygen atoms in total. The number of hydrogen-bond acceptors (Lipinski definition) is 3. The topological polar surface area (TPSA) is 55.1 Å². The summed E-state index contributed by atoms with van der Waals surface area (Å²) in [5.41, 5.74) is 5.23. The van der Waals surface area contributed by atoms with E-state index in [2.05, 4.69) is 5.32 Å². The molecule has 1 amide bonds. The van der Waals surface area contributed by atoms with Gasteiger partial charge in [0.2, 0.25) is 5.91 Å². The molecule has 2 unspecified atom stereocenters. The summed E-state index contributed by atoms with van der Waals surface area (Å²) < 4.78 is 0. The molecular formula is C7H14N2OS. The fourth-order valence-corrected chi connectivity index (χ4v) is 2.55. The molecule has 1 saturated heterocycles. The van der Waals surface area contributed by atoms with Crippen LogP contribution in [0.2, 0.25) is 0 Å². The van der Waals surface area contributed by atoms with E-state index in [4.69, 9.17) is 5.73 Å². The molecule has 0 aliphatic carbocycles. The average Bonchev–Trinajstić information content (AvgIpc) is 2.40. The van der Waals surface area contributed by atoms with E-state index in [0.29, 0.717) is 0 Å². The first-order chi connectivity index (χ1) is 5.25. The third-order valence-electron chi connectivity index (χ3n) is 1.92. The van der Waals surface area contributed by atoms with Crippen molar-refractivity contribution in [2.24, 2.45) is 11.7 Å². The molecule has 1 rings (SSSR count). The van der Waals surface area contributed by atoms with Gasteiger partial charge in [-0.1, -0.05) is 6.92 Å². The fourth-order valence-electron chi connectivity index (χ4n) is 1.27.